The van der Waals surface area contributed by atoms with Gasteiger partial charge in [0.05, 0.1) is 12.0 Å². The number of amides is 1. The SMILES string of the molecule is O=C(c1nnc(-c2ncccn2)o1)N1CCc2[nH]cnc2[C@H]1c1cc2ccccc2o1. The Morgan fingerprint density at radius 3 is 2.81 bits per heavy atom. The van der Waals surface area contributed by atoms with E-state index >= 15 is 0 Å². The molecule has 0 spiro atoms. The zero-order valence-electron chi connectivity index (χ0n) is 16.1. The van der Waals surface area contributed by atoms with Crippen molar-refractivity contribution in [2.45, 2.75) is 12.5 Å². The lowest BCUT2D eigenvalue weighted by molar-refractivity contribution is 0.0632. The van der Waals surface area contributed by atoms with Gasteiger partial charge in [-0.25, -0.2) is 15.0 Å². The third-order valence-corrected chi connectivity index (χ3v) is 5.26. The zero-order chi connectivity index (χ0) is 20.8. The number of carbonyl (C=O) groups excluding carboxylic acids is 1. The second-order valence-corrected chi connectivity index (χ2v) is 7.09. The minimum absolute atomic E-state index is 0.0849. The molecular weight excluding hydrogens is 398 g/mol. The average Bonchev–Trinajstić information content (AvgIpc) is 3.57. The summed E-state index contributed by atoms with van der Waals surface area (Å²) in [6.07, 6.45) is 5.39. The normalized spacial score (nSPS) is 15.9. The van der Waals surface area contributed by atoms with Crippen LogP contribution in [0.15, 0.2) is 64.0 Å². The molecule has 0 aliphatic carbocycles. The minimum atomic E-state index is -0.516. The fourth-order valence-corrected chi connectivity index (χ4v) is 3.85. The Bertz CT molecular complexity index is 1360. The van der Waals surface area contributed by atoms with Gasteiger partial charge in [0.2, 0.25) is 5.82 Å². The predicted molar refractivity (Wildman–Crippen MR) is 107 cm³/mol. The van der Waals surface area contributed by atoms with Crippen molar-refractivity contribution in [3.63, 3.8) is 0 Å². The van der Waals surface area contributed by atoms with Crippen molar-refractivity contribution in [2.24, 2.45) is 0 Å². The van der Waals surface area contributed by atoms with Crippen molar-refractivity contribution in [1.82, 2.24) is 35.0 Å². The highest BCUT2D eigenvalue weighted by Crippen LogP contribution is 2.37. The Hall–Kier alpha value is -4.34. The average molecular weight is 413 g/mol. The topological polar surface area (TPSA) is 127 Å². The van der Waals surface area contributed by atoms with Gasteiger partial charge in [-0.2, -0.15) is 0 Å². The molecule has 5 aromatic rings. The van der Waals surface area contributed by atoms with E-state index in [1.165, 1.54) is 0 Å². The number of hydrogen-bond acceptors (Lipinski definition) is 8. The van der Waals surface area contributed by atoms with Crippen LogP contribution in [-0.2, 0) is 6.42 Å². The number of H-pyrrole nitrogens is 1. The van der Waals surface area contributed by atoms with Crippen LogP contribution in [0.5, 0.6) is 0 Å². The van der Waals surface area contributed by atoms with Crippen molar-refractivity contribution in [2.75, 3.05) is 6.54 Å². The first-order valence-electron chi connectivity index (χ1n) is 9.70. The van der Waals surface area contributed by atoms with E-state index in [-0.39, 0.29) is 17.6 Å². The van der Waals surface area contributed by atoms with E-state index in [2.05, 4.69) is 30.1 Å². The number of carbonyl (C=O) groups is 1. The summed E-state index contributed by atoms with van der Waals surface area (Å²) in [5.41, 5.74) is 2.46. The first-order valence-corrected chi connectivity index (χ1v) is 9.70. The quantitative estimate of drug-likeness (QED) is 0.478. The molecule has 0 unspecified atom stereocenters. The molecule has 1 aliphatic rings. The summed E-state index contributed by atoms with van der Waals surface area (Å²) in [6, 6.07) is 10.8. The number of furan rings is 1. The van der Waals surface area contributed by atoms with Gasteiger partial charge in [0.1, 0.15) is 17.4 Å². The van der Waals surface area contributed by atoms with Gasteiger partial charge in [-0.3, -0.25) is 4.79 Å². The molecule has 31 heavy (non-hydrogen) atoms. The Kier molecular flexibility index (Phi) is 3.88. The zero-order valence-corrected chi connectivity index (χ0v) is 16.1. The van der Waals surface area contributed by atoms with Crippen molar-refractivity contribution in [3.05, 3.63) is 78.2 Å². The van der Waals surface area contributed by atoms with Crippen LogP contribution in [-0.4, -0.2) is 47.5 Å². The van der Waals surface area contributed by atoms with Gasteiger partial charge in [-0.15, -0.1) is 10.2 Å². The molecule has 0 radical (unpaired) electrons. The number of rotatable bonds is 3. The van der Waals surface area contributed by atoms with Gasteiger partial charge < -0.3 is 18.7 Å². The maximum Gasteiger partial charge on any atom is 0.312 e. The van der Waals surface area contributed by atoms with E-state index in [0.29, 0.717) is 18.7 Å². The molecule has 5 heterocycles. The number of fused-ring (bicyclic) bond motifs is 2. The lowest BCUT2D eigenvalue weighted by Crippen LogP contribution is -2.40. The number of benzene rings is 1. The summed E-state index contributed by atoms with van der Waals surface area (Å²) in [4.78, 5) is 30.8. The molecule has 1 atom stereocenters. The second kappa shape index (κ2) is 6.87. The van der Waals surface area contributed by atoms with E-state index in [9.17, 15) is 4.79 Å². The van der Waals surface area contributed by atoms with Gasteiger partial charge in [0.25, 0.3) is 5.89 Å². The number of para-hydroxylation sites is 1. The number of nitrogens with zero attached hydrogens (tertiary/aromatic N) is 6. The Balaban J connectivity index is 1.40. The summed E-state index contributed by atoms with van der Waals surface area (Å²) in [5.74, 6) is 0.419. The summed E-state index contributed by atoms with van der Waals surface area (Å²) < 4.78 is 11.7. The highest BCUT2D eigenvalue weighted by Gasteiger charge is 2.38. The molecule has 152 valence electrons. The van der Waals surface area contributed by atoms with E-state index in [0.717, 1.165) is 22.4 Å². The molecule has 4 aromatic heterocycles. The Morgan fingerprint density at radius 2 is 1.94 bits per heavy atom. The predicted octanol–water partition coefficient (Wildman–Crippen LogP) is 2.78. The molecule has 0 fully saturated rings. The van der Waals surface area contributed by atoms with Crippen LogP contribution in [0, 0.1) is 0 Å². The number of nitrogens with one attached hydrogen (secondary N) is 1. The van der Waals surface area contributed by atoms with Crippen LogP contribution < -0.4 is 0 Å². The molecule has 1 aromatic carbocycles. The maximum atomic E-state index is 13.4. The molecule has 1 aliphatic heterocycles. The molecule has 0 saturated carbocycles. The molecule has 0 bridgehead atoms. The third-order valence-electron chi connectivity index (χ3n) is 5.26. The van der Waals surface area contributed by atoms with Gasteiger partial charge >= 0.3 is 11.8 Å². The summed E-state index contributed by atoms with van der Waals surface area (Å²) in [6.45, 7) is 0.440. The van der Waals surface area contributed by atoms with E-state index in [4.69, 9.17) is 8.83 Å². The Labute approximate surface area is 175 Å². The number of hydrogen-bond donors (Lipinski definition) is 1. The molecule has 0 saturated heterocycles. The van der Waals surface area contributed by atoms with E-state index in [1.54, 1.807) is 29.7 Å². The minimum Gasteiger partial charge on any atom is -0.458 e. The van der Waals surface area contributed by atoms with Crippen molar-refractivity contribution < 1.29 is 13.6 Å². The lowest BCUT2D eigenvalue weighted by atomic mass is 10.00. The maximum absolute atomic E-state index is 13.4. The summed E-state index contributed by atoms with van der Waals surface area (Å²) >= 11 is 0. The van der Waals surface area contributed by atoms with Crippen LogP contribution in [0.25, 0.3) is 22.7 Å². The highest BCUT2D eigenvalue weighted by molar-refractivity contribution is 5.90. The standard InChI is InChI=1S/C21H15N7O3/c29-21(20-27-26-19(31-20)18-22-7-3-8-23-18)28-9-6-13-16(25-11-24-13)17(28)15-10-12-4-1-2-5-14(12)30-15/h1-5,7-8,10-11,17H,6,9H2,(H,24,25)/t17-/m1/s1. The summed E-state index contributed by atoms with van der Waals surface area (Å²) in [5, 5.41) is 8.82. The smallest absolute Gasteiger partial charge is 0.312 e. The first kappa shape index (κ1) is 17.5. The first-order chi connectivity index (χ1) is 15.3. The van der Waals surface area contributed by atoms with E-state index < -0.39 is 11.9 Å². The highest BCUT2D eigenvalue weighted by atomic mass is 16.4. The fourth-order valence-electron chi connectivity index (χ4n) is 3.85. The lowest BCUT2D eigenvalue weighted by Gasteiger charge is -2.32. The van der Waals surface area contributed by atoms with Crippen LogP contribution in [0.3, 0.4) is 0 Å². The van der Waals surface area contributed by atoms with E-state index in [1.807, 2.05) is 30.3 Å². The second-order valence-electron chi connectivity index (χ2n) is 7.09. The van der Waals surface area contributed by atoms with Gasteiger partial charge in [-0.05, 0) is 18.2 Å². The number of imidazole rings is 1. The Morgan fingerprint density at radius 1 is 1.06 bits per heavy atom. The molecule has 6 rings (SSSR count). The monoisotopic (exact) mass is 413 g/mol. The van der Waals surface area contributed by atoms with Gasteiger partial charge in [0.15, 0.2) is 0 Å². The van der Waals surface area contributed by atoms with Crippen molar-refractivity contribution in [1.29, 1.82) is 0 Å². The molecule has 1 amide bonds. The molecular formula is C21H15N7O3. The molecule has 10 heteroatoms. The van der Waals surface area contributed by atoms with Gasteiger partial charge in [-0.1, -0.05) is 18.2 Å². The van der Waals surface area contributed by atoms with Crippen molar-refractivity contribution in [3.8, 4) is 11.7 Å². The third kappa shape index (κ3) is 2.88. The fraction of sp³-hybridized carbons (Fsp3) is 0.143. The van der Waals surface area contributed by atoms with Crippen LogP contribution in [0.4, 0.5) is 0 Å². The van der Waals surface area contributed by atoms with Crippen molar-refractivity contribution >= 4 is 16.9 Å². The van der Waals surface area contributed by atoms with Crippen LogP contribution in [0.2, 0.25) is 0 Å². The number of aromatic amines is 1. The van der Waals surface area contributed by atoms with Crippen LogP contribution in [0.1, 0.15) is 33.9 Å². The molecule has 10 nitrogen and oxygen atoms in total. The van der Waals surface area contributed by atoms with Crippen LogP contribution >= 0.6 is 0 Å². The van der Waals surface area contributed by atoms with Gasteiger partial charge in [0, 0.05) is 36.4 Å². The molecule has 1 N–H and O–H groups in total. The number of aromatic nitrogens is 6. The largest absolute Gasteiger partial charge is 0.458 e. The summed E-state index contributed by atoms with van der Waals surface area (Å²) in [7, 11) is 0.